The lowest BCUT2D eigenvalue weighted by Gasteiger charge is -2.20. The normalized spacial score (nSPS) is 11.4. The van der Waals surface area contributed by atoms with E-state index in [1.165, 1.54) is 0 Å². The molecule has 0 saturated heterocycles. The summed E-state index contributed by atoms with van der Waals surface area (Å²) in [6.07, 6.45) is 0. The third-order valence-corrected chi connectivity index (χ3v) is 3.00. The summed E-state index contributed by atoms with van der Waals surface area (Å²) in [5.41, 5.74) is 7.63. The minimum Gasteiger partial charge on any atom is -0.344 e. The van der Waals surface area contributed by atoms with Crippen LogP contribution in [-0.2, 0) is 0 Å². The molecule has 0 heterocycles. The van der Waals surface area contributed by atoms with Crippen molar-refractivity contribution in [1.29, 1.82) is 10.5 Å². The van der Waals surface area contributed by atoms with E-state index in [1.54, 1.807) is 4.90 Å². The van der Waals surface area contributed by atoms with E-state index in [9.17, 15) is 0 Å². The molecule has 0 aliphatic heterocycles. The molecule has 1 atom stereocenters. The number of hydrogen-bond donors (Lipinski definition) is 1. The maximum absolute atomic E-state index is 8.72. The molecule has 88 valence electrons. The second-order valence-electron chi connectivity index (χ2n) is 3.67. The van der Waals surface area contributed by atoms with Crippen LogP contribution in [0.5, 0.6) is 0 Å². The van der Waals surface area contributed by atoms with E-state index in [1.807, 2.05) is 37.3 Å². The monoisotopic (exact) mass is 292 g/mol. The number of benzene rings is 1. The van der Waals surface area contributed by atoms with Crippen LogP contribution in [0.1, 0.15) is 18.5 Å². The number of halogens is 1. The summed E-state index contributed by atoms with van der Waals surface area (Å²) in [4.78, 5) is 1.70. The molecule has 0 radical (unpaired) electrons. The molecule has 0 spiro atoms. The smallest absolute Gasteiger partial charge is 0.107 e. The highest BCUT2D eigenvalue weighted by molar-refractivity contribution is 9.10. The van der Waals surface area contributed by atoms with Gasteiger partial charge in [-0.05, 0) is 40.5 Å². The molecule has 0 aliphatic carbocycles. The zero-order chi connectivity index (χ0) is 12.8. The second kappa shape index (κ2) is 6.24. The van der Waals surface area contributed by atoms with Crippen LogP contribution in [0.3, 0.4) is 0 Å². The molecule has 2 N–H and O–H groups in total. The lowest BCUT2D eigenvalue weighted by Crippen LogP contribution is -2.24. The third-order valence-electron chi connectivity index (χ3n) is 2.36. The maximum atomic E-state index is 8.72. The van der Waals surface area contributed by atoms with E-state index in [0.29, 0.717) is 0 Å². The number of anilines is 1. The fourth-order valence-electron chi connectivity index (χ4n) is 1.46. The summed E-state index contributed by atoms with van der Waals surface area (Å²) in [6, 6.07) is 9.75. The number of nitrogens with two attached hydrogens (primary N) is 1. The van der Waals surface area contributed by atoms with Gasteiger partial charge in [0.15, 0.2) is 0 Å². The molecule has 0 amide bonds. The van der Waals surface area contributed by atoms with Gasteiger partial charge < -0.3 is 10.6 Å². The zero-order valence-corrected chi connectivity index (χ0v) is 11.1. The van der Waals surface area contributed by atoms with Crippen LogP contribution in [0.2, 0.25) is 0 Å². The summed E-state index contributed by atoms with van der Waals surface area (Å²) < 4.78 is 0.845. The number of hydrogen-bond acceptors (Lipinski definition) is 4. The van der Waals surface area contributed by atoms with Gasteiger partial charge in [0.1, 0.15) is 13.1 Å². The Morgan fingerprint density at radius 2 is 1.94 bits per heavy atom. The van der Waals surface area contributed by atoms with Crippen LogP contribution in [0.25, 0.3) is 0 Å². The molecule has 1 unspecified atom stereocenters. The quantitative estimate of drug-likeness (QED) is 0.864. The minimum atomic E-state index is -0.0410. The summed E-state index contributed by atoms with van der Waals surface area (Å²) in [5.74, 6) is 0. The Hall–Kier alpha value is -1.56. The Balaban J connectivity index is 3.05. The first kappa shape index (κ1) is 13.5. The largest absolute Gasteiger partial charge is 0.344 e. The van der Waals surface area contributed by atoms with Gasteiger partial charge in [-0.1, -0.05) is 6.07 Å². The SMILES string of the molecule is CC(N)c1ccc(N(CC#N)CC#N)c(Br)c1. The number of rotatable bonds is 4. The van der Waals surface area contributed by atoms with Crippen molar-refractivity contribution in [2.24, 2.45) is 5.73 Å². The first-order valence-corrected chi connectivity index (χ1v) is 5.93. The topological polar surface area (TPSA) is 76.8 Å². The summed E-state index contributed by atoms with van der Waals surface area (Å²) in [6.45, 7) is 2.27. The van der Waals surface area contributed by atoms with Gasteiger partial charge in [0.05, 0.1) is 17.8 Å². The fourth-order valence-corrected chi connectivity index (χ4v) is 2.11. The number of nitriles is 2. The van der Waals surface area contributed by atoms with E-state index >= 15 is 0 Å². The van der Waals surface area contributed by atoms with Gasteiger partial charge in [-0.15, -0.1) is 0 Å². The molecule has 0 aliphatic rings. The van der Waals surface area contributed by atoms with E-state index in [-0.39, 0.29) is 19.1 Å². The average molecular weight is 293 g/mol. The highest BCUT2D eigenvalue weighted by Crippen LogP contribution is 2.28. The van der Waals surface area contributed by atoms with Crippen molar-refractivity contribution in [1.82, 2.24) is 0 Å². The van der Waals surface area contributed by atoms with Gasteiger partial charge >= 0.3 is 0 Å². The Morgan fingerprint density at radius 3 is 2.35 bits per heavy atom. The molecule has 4 nitrogen and oxygen atoms in total. The predicted octanol–water partition coefficient (Wildman–Crippen LogP) is 2.32. The highest BCUT2D eigenvalue weighted by atomic mass is 79.9. The van der Waals surface area contributed by atoms with Crippen LogP contribution in [-0.4, -0.2) is 13.1 Å². The van der Waals surface area contributed by atoms with E-state index in [0.717, 1.165) is 15.7 Å². The van der Waals surface area contributed by atoms with Gasteiger partial charge in [0.2, 0.25) is 0 Å². The summed E-state index contributed by atoms with van der Waals surface area (Å²) in [5, 5.41) is 17.4. The van der Waals surface area contributed by atoms with Crippen LogP contribution >= 0.6 is 15.9 Å². The van der Waals surface area contributed by atoms with Gasteiger partial charge in [0.25, 0.3) is 0 Å². The lowest BCUT2D eigenvalue weighted by atomic mass is 10.1. The molecule has 0 saturated carbocycles. The fraction of sp³-hybridized carbons (Fsp3) is 0.333. The molecule has 5 heteroatoms. The van der Waals surface area contributed by atoms with Gasteiger partial charge in [0, 0.05) is 10.5 Å². The van der Waals surface area contributed by atoms with E-state index in [2.05, 4.69) is 15.9 Å². The lowest BCUT2D eigenvalue weighted by molar-refractivity contribution is 0.816. The standard InChI is InChI=1S/C12H13BrN4/c1-9(16)10-2-3-12(11(13)8-10)17(6-4-14)7-5-15/h2-3,8-9H,6-7,16H2,1H3. The van der Waals surface area contributed by atoms with Crippen molar-refractivity contribution in [3.05, 3.63) is 28.2 Å². The van der Waals surface area contributed by atoms with Crippen LogP contribution < -0.4 is 10.6 Å². The number of nitrogens with zero attached hydrogens (tertiary/aromatic N) is 3. The van der Waals surface area contributed by atoms with Crippen LogP contribution in [0, 0.1) is 22.7 Å². The highest BCUT2D eigenvalue weighted by Gasteiger charge is 2.11. The summed E-state index contributed by atoms with van der Waals surface area (Å²) >= 11 is 3.44. The molecule has 0 bridgehead atoms. The van der Waals surface area contributed by atoms with Crippen molar-refractivity contribution in [2.45, 2.75) is 13.0 Å². The van der Waals surface area contributed by atoms with Gasteiger partial charge in [-0.2, -0.15) is 10.5 Å². The molecule has 17 heavy (non-hydrogen) atoms. The van der Waals surface area contributed by atoms with Crippen LogP contribution in [0.15, 0.2) is 22.7 Å². The van der Waals surface area contributed by atoms with Gasteiger partial charge in [-0.25, -0.2) is 0 Å². The van der Waals surface area contributed by atoms with Gasteiger partial charge in [-0.3, -0.25) is 0 Å². The van der Waals surface area contributed by atoms with E-state index < -0.39 is 0 Å². The van der Waals surface area contributed by atoms with Crippen molar-refractivity contribution in [3.8, 4) is 12.1 Å². The Kier molecular flexibility index (Phi) is 4.96. The average Bonchev–Trinajstić information content (AvgIpc) is 2.28. The molecule has 0 fully saturated rings. The zero-order valence-electron chi connectivity index (χ0n) is 9.52. The second-order valence-corrected chi connectivity index (χ2v) is 4.53. The molecular weight excluding hydrogens is 280 g/mol. The van der Waals surface area contributed by atoms with Crippen LogP contribution in [0.4, 0.5) is 5.69 Å². The predicted molar refractivity (Wildman–Crippen MR) is 70.2 cm³/mol. The Labute approximate surface area is 109 Å². The molecule has 0 aromatic heterocycles. The first-order chi connectivity index (χ1) is 8.10. The molecular formula is C12H13BrN4. The minimum absolute atomic E-state index is 0.0410. The third kappa shape index (κ3) is 3.45. The maximum Gasteiger partial charge on any atom is 0.107 e. The molecule has 1 aromatic rings. The molecule has 1 aromatic carbocycles. The Bertz CT molecular complexity index is 454. The Morgan fingerprint density at radius 1 is 1.35 bits per heavy atom. The van der Waals surface area contributed by atoms with Crippen molar-refractivity contribution < 1.29 is 0 Å². The van der Waals surface area contributed by atoms with Crippen molar-refractivity contribution in [2.75, 3.05) is 18.0 Å². The van der Waals surface area contributed by atoms with E-state index in [4.69, 9.17) is 16.3 Å². The van der Waals surface area contributed by atoms with Crippen molar-refractivity contribution >= 4 is 21.6 Å². The first-order valence-electron chi connectivity index (χ1n) is 5.14. The molecule has 1 rings (SSSR count). The summed E-state index contributed by atoms with van der Waals surface area (Å²) in [7, 11) is 0. The van der Waals surface area contributed by atoms with Crippen molar-refractivity contribution in [3.63, 3.8) is 0 Å².